The first-order valence-corrected chi connectivity index (χ1v) is 7.98. The first kappa shape index (κ1) is 14.7. The topological polar surface area (TPSA) is 47.3 Å². The van der Waals surface area contributed by atoms with Crippen molar-refractivity contribution >= 4 is 15.9 Å². The molecular formula is C17H19BrN2O. The van der Waals surface area contributed by atoms with Crippen LogP contribution in [0.1, 0.15) is 22.8 Å². The molecule has 2 aromatic carbocycles. The summed E-state index contributed by atoms with van der Waals surface area (Å²) >= 11 is 3.60. The van der Waals surface area contributed by atoms with Gasteiger partial charge >= 0.3 is 0 Å². The summed E-state index contributed by atoms with van der Waals surface area (Å²) in [6, 6.07) is 16.7. The van der Waals surface area contributed by atoms with E-state index < -0.39 is 0 Å². The molecule has 3 rings (SSSR count). The first-order chi connectivity index (χ1) is 10.3. The second kappa shape index (κ2) is 6.71. The van der Waals surface area contributed by atoms with Crippen molar-refractivity contribution in [2.24, 2.45) is 5.84 Å². The number of ether oxygens (including phenoxy) is 1. The molecule has 0 bridgehead atoms. The third-order valence-corrected chi connectivity index (χ3v) is 4.78. The highest BCUT2D eigenvalue weighted by Crippen LogP contribution is 2.31. The fourth-order valence-corrected chi connectivity index (χ4v) is 3.36. The average molecular weight is 347 g/mol. The van der Waals surface area contributed by atoms with Crippen molar-refractivity contribution in [3.8, 4) is 0 Å². The third kappa shape index (κ3) is 3.19. The van der Waals surface area contributed by atoms with Crippen LogP contribution in [0.25, 0.3) is 0 Å². The summed E-state index contributed by atoms with van der Waals surface area (Å²) < 4.78 is 7.12. The molecule has 3 N–H and O–H groups in total. The molecular weight excluding hydrogens is 328 g/mol. The number of benzene rings is 2. The standard InChI is InChI=1S/C17H19BrN2O/c18-15-8-4-2-6-13(15)11-16(20-19)17-14-7-3-1-5-12(14)9-10-21-17/h1-8,16-17,20H,9-11,19H2. The van der Waals surface area contributed by atoms with Crippen LogP contribution in [0, 0.1) is 0 Å². The number of halogens is 1. The Kier molecular flexibility index (Phi) is 4.70. The highest BCUT2D eigenvalue weighted by Gasteiger charge is 2.28. The molecule has 2 unspecified atom stereocenters. The summed E-state index contributed by atoms with van der Waals surface area (Å²) in [4.78, 5) is 0. The Morgan fingerprint density at radius 1 is 1.19 bits per heavy atom. The van der Waals surface area contributed by atoms with Crippen LogP contribution in [0.5, 0.6) is 0 Å². The van der Waals surface area contributed by atoms with Crippen LogP contribution < -0.4 is 11.3 Å². The van der Waals surface area contributed by atoms with E-state index in [9.17, 15) is 0 Å². The predicted molar refractivity (Wildman–Crippen MR) is 87.8 cm³/mol. The van der Waals surface area contributed by atoms with Gasteiger partial charge in [0.1, 0.15) is 0 Å². The minimum absolute atomic E-state index is 0.00736. The Labute approximate surface area is 133 Å². The molecule has 0 saturated heterocycles. The Hall–Kier alpha value is -1.20. The maximum Gasteiger partial charge on any atom is 0.0997 e. The van der Waals surface area contributed by atoms with E-state index in [1.54, 1.807) is 0 Å². The van der Waals surface area contributed by atoms with E-state index in [1.165, 1.54) is 16.7 Å². The molecule has 0 aliphatic carbocycles. The molecule has 0 spiro atoms. The predicted octanol–water partition coefficient (Wildman–Crippen LogP) is 3.14. The minimum Gasteiger partial charge on any atom is -0.371 e. The number of rotatable bonds is 4. The smallest absolute Gasteiger partial charge is 0.0997 e. The molecule has 0 saturated carbocycles. The summed E-state index contributed by atoms with van der Waals surface area (Å²) in [7, 11) is 0. The summed E-state index contributed by atoms with van der Waals surface area (Å²) in [6.07, 6.45) is 1.78. The third-order valence-electron chi connectivity index (χ3n) is 4.01. The maximum absolute atomic E-state index is 6.01. The lowest BCUT2D eigenvalue weighted by atomic mass is 9.90. The number of fused-ring (bicyclic) bond motifs is 1. The summed E-state index contributed by atoms with van der Waals surface area (Å²) in [5, 5.41) is 0. The fourth-order valence-electron chi connectivity index (χ4n) is 2.91. The highest BCUT2D eigenvalue weighted by atomic mass is 79.9. The van der Waals surface area contributed by atoms with Crippen molar-refractivity contribution in [3.05, 3.63) is 69.7 Å². The van der Waals surface area contributed by atoms with Gasteiger partial charge in [-0.3, -0.25) is 11.3 Å². The average Bonchev–Trinajstić information content (AvgIpc) is 2.54. The number of hydrazine groups is 1. The zero-order valence-electron chi connectivity index (χ0n) is 11.8. The van der Waals surface area contributed by atoms with Gasteiger partial charge < -0.3 is 4.74 Å². The van der Waals surface area contributed by atoms with Crippen LogP contribution in [0.4, 0.5) is 0 Å². The molecule has 1 heterocycles. The lowest BCUT2D eigenvalue weighted by Crippen LogP contribution is -2.43. The molecule has 1 aliphatic rings. The van der Waals surface area contributed by atoms with Crippen LogP contribution in [-0.4, -0.2) is 12.6 Å². The van der Waals surface area contributed by atoms with E-state index in [4.69, 9.17) is 10.6 Å². The van der Waals surface area contributed by atoms with E-state index in [2.05, 4.69) is 57.8 Å². The molecule has 3 nitrogen and oxygen atoms in total. The molecule has 0 fully saturated rings. The summed E-state index contributed by atoms with van der Waals surface area (Å²) in [5.41, 5.74) is 6.78. The van der Waals surface area contributed by atoms with E-state index >= 15 is 0 Å². The number of hydrogen-bond acceptors (Lipinski definition) is 3. The van der Waals surface area contributed by atoms with Crippen molar-refractivity contribution in [1.82, 2.24) is 5.43 Å². The van der Waals surface area contributed by atoms with Gasteiger partial charge in [0.25, 0.3) is 0 Å². The van der Waals surface area contributed by atoms with Gasteiger partial charge in [-0.1, -0.05) is 58.4 Å². The van der Waals surface area contributed by atoms with Gasteiger partial charge in [-0.25, -0.2) is 0 Å². The molecule has 0 aromatic heterocycles. The zero-order valence-corrected chi connectivity index (χ0v) is 13.3. The van der Waals surface area contributed by atoms with Gasteiger partial charge in [0.2, 0.25) is 0 Å². The van der Waals surface area contributed by atoms with Crippen LogP contribution >= 0.6 is 15.9 Å². The highest BCUT2D eigenvalue weighted by molar-refractivity contribution is 9.10. The molecule has 21 heavy (non-hydrogen) atoms. The molecule has 2 atom stereocenters. The molecule has 0 amide bonds. The molecule has 1 aliphatic heterocycles. The monoisotopic (exact) mass is 346 g/mol. The van der Waals surface area contributed by atoms with Crippen molar-refractivity contribution in [2.75, 3.05) is 6.61 Å². The van der Waals surface area contributed by atoms with Crippen LogP contribution in [-0.2, 0) is 17.6 Å². The Balaban J connectivity index is 1.86. The number of nitrogens with two attached hydrogens (primary N) is 1. The molecule has 0 radical (unpaired) electrons. The SMILES string of the molecule is NNC(Cc1ccccc1Br)C1OCCc2ccccc21. The second-order valence-electron chi connectivity index (χ2n) is 5.31. The van der Waals surface area contributed by atoms with E-state index in [0.29, 0.717) is 0 Å². The minimum atomic E-state index is -0.00736. The van der Waals surface area contributed by atoms with Gasteiger partial charge in [0.05, 0.1) is 18.8 Å². The van der Waals surface area contributed by atoms with Crippen molar-refractivity contribution in [2.45, 2.75) is 25.0 Å². The van der Waals surface area contributed by atoms with E-state index in [1.807, 2.05) is 12.1 Å². The second-order valence-corrected chi connectivity index (χ2v) is 6.16. The maximum atomic E-state index is 6.01. The largest absolute Gasteiger partial charge is 0.371 e. The van der Waals surface area contributed by atoms with Crippen molar-refractivity contribution < 1.29 is 4.74 Å². The van der Waals surface area contributed by atoms with Gasteiger partial charge in [-0.2, -0.15) is 0 Å². The molecule has 4 heteroatoms. The number of nitrogens with one attached hydrogen (secondary N) is 1. The van der Waals surface area contributed by atoms with Crippen molar-refractivity contribution in [1.29, 1.82) is 0 Å². The lowest BCUT2D eigenvalue weighted by Gasteiger charge is -2.32. The first-order valence-electron chi connectivity index (χ1n) is 7.18. The molecule has 110 valence electrons. The quantitative estimate of drug-likeness (QED) is 0.660. The van der Waals surface area contributed by atoms with E-state index in [0.717, 1.165) is 23.9 Å². The van der Waals surface area contributed by atoms with Gasteiger partial charge in [0, 0.05) is 4.47 Å². The van der Waals surface area contributed by atoms with Gasteiger partial charge in [-0.15, -0.1) is 0 Å². The summed E-state index contributed by atoms with van der Waals surface area (Å²) in [6.45, 7) is 0.746. The number of hydrogen-bond donors (Lipinski definition) is 2. The Morgan fingerprint density at radius 2 is 1.95 bits per heavy atom. The fraction of sp³-hybridized carbons (Fsp3) is 0.294. The van der Waals surface area contributed by atoms with Crippen LogP contribution in [0.2, 0.25) is 0 Å². The molecule has 2 aromatic rings. The van der Waals surface area contributed by atoms with E-state index in [-0.39, 0.29) is 12.1 Å². The normalized spacial score (nSPS) is 19.0. The summed E-state index contributed by atoms with van der Waals surface area (Å²) in [5.74, 6) is 5.81. The zero-order chi connectivity index (χ0) is 14.7. The lowest BCUT2D eigenvalue weighted by molar-refractivity contribution is 0.0153. The Bertz CT molecular complexity index is 617. The van der Waals surface area contributed by atoms with Crippen LogP contribution in [0.15, 0.2) is 53.0 Å². The van der Waals surface area contributed by atoms with Crippen molar-refractivity contribution in [3.63, 3.8) is 0 Å². The van der Waals surface area contributed by atoms with Crippen LogP contribution in [0.3, 0.4) is 0 Å². The van der Waals surface area contributed by atoms with Gasteiger partial charge in [0.15, 0.2) is 0 Å². The Morgan fingerprint density at radius 3 is 2.76 bits per heavy atom. The van der Waals surface area contributed by atoms with Gasteiger partial charge in [-0.05, 0) is 35.6 Å².